The van der Waals surface area contributed by atoms with Crippen molar-refractivity contribution < 1.29 is 18.9 Å². The summed E-state index contributed by atoms with van der Waals surface area (Å²) in [5.41, 5.74) is 5.11. The molecular weight excluding hydrogens is 376 g/mol. The second-order valence-electron chi connectivity index (χ2n) is 7.23. The van der Waals surface area contributed by atoms with Crippen LogP contribution in [-0.2, 0) is 25.7 Å². The van der Waals surface area contributed by atoms with Crippen LogP contribution in [0, 0.1) is 0 Å². The summed E-state index contributed by atoms with van der Waals surface area (Å²) in [7, 11) is 6.68. The molecule has 0 aliphatic heterocycles. The van der Waals surface area contributed by atoms with Crippen LogP contribution in [0.5, 0.6) is 23.0 Å². The van der Waals surface area contributed by atoms with Crippen molar-refractivity contribution in [2.45, 2.75) is 25.7 Å². The fraction of sp³-hybridized carbons (Fsp3) is 0.308. The Labute approximate surface area is 179 Å². The molecule has 0 fully saturated rings. The van der Waals surface area contributed by atoms with Gasteiger partial charge in [0.25, 0.3) is 0 Å². The van der Waals surface area contributed by atoms with E-state index in [4.69, 9.17) is 18.9 Å². The van der Waals surface area contributed by atoms with Crippen LogP contribution in [0.4, 0.5) is 0 Å². The highest BCUT2D eigenvalue weighted by Gasteiger charge is 2.06. The van der Waals surface area contributed by atoms with Gasteiger partial charge in [0.05, 0.1) is 28.4 Å². The maximum absolute atomic E-state index is 5.40. The van der Waals surface area contributed by atoms with Gasteiger partial charge in [-0.2, -0.15) is 0 Å². The van der Waals surface area contributed by atoms with Crippen LogP contribution in [0.1, 0.15) is 22.3 Å². The highest BCUT2D eigenvalue weighted by molar-refractivity contribution is 5.43. The van der Waals surface area contributed by atoms with E-state index in [2.05, 4.69) is 48.5 Å². The van der Waals surface area contributed by atoms with E-state index in [0.717, 1.165) is 48.7 Å². The predicted octanol–water partition coefficient (Wildman–Crippen LogP) is 5.29. The molecule has 3 aromatic carbocycles. The van der Waals surface area contributed by atoms with E-state index < -0.39 is 0 Å². The van der Waals surface area contributed by atoms with E-state index in [0.29, 0.717) is 0 Å². The van der Waals surface area contributed by atoms with E-state index in [9.17, 15) is 0 Å². The van der Waals surface area contributed by atoms with Gasteiger partial charge in [-0.25, -0.2) is 0 Å². The lowest BCUT2D eigenvalue weighted by Crippen LogP contribution is -1.96. The van der Waals surface area contributed by atoms with Crippen molar-refractivity contribution in [1.82, 2.24) is 0 Å². The minimum absolute atomic E-state index is 0.763. The van der Waals surface area contributed by atoms with Crippen molar-refractivity contribution >= 4 is 0 Å². The molecule has 4 heteroatoms. The molecule has 0 radical (unpaired) electrons. The first-order valence-electron chi connectivity index (χ1n) is 10.2. The van der Waals surface area contributed by atoms with Gasteiger partial charge in [-0.1, -0.05) is 30.3 Å². The Hall–Kier alpha value is -3.14. The van der Waals surface area contributed by atoms with Crippen molar-refractivity contribution in [2.75, 3.05) is 28.4 Å². The SMILES string of the molecule is COc1cc(CCc2ccc(CCc3ccc(OC)c(OC)c3)cc2)cc(OC)c1. The molecule has 0 heterocycles. The number of ether oxygens (including phenoxy) is 4. The van der Waals surface area contributed by atoms with Gasteiger partial charge in [0, 0.05) is 6.07 Å². The molecule has 0 aliphatic rings. The number of benzene rings is 3. The molecular formula is C26H30O4. The second-order valence-corrected chi connectivity index (χ2v) is 7.23. The monoisotopic (exact) mass is 406 g/mol. The Morgan fingerprint density at radius 3 is 1.40 bits per heavy atom. The number of methoxy groups -OCH3 is 4. The van der Waals surface area contributed by atoms with Gasteiger partial charge < -0.3 is 18.9 Å². The van der Waals surface area contributed by atoms with Crippen molar-refractivity contribution in [2.24, 2.45) is 0 Å². The summed E-state index contributed by atoms with van der Waals surface area (Å²) in [5.74, 6) is 3.20. The average molecular weight is 407 g/mol. The molecule has 3 rings (SSSR count). The fourth-order valence-corrected chi connectivity index (χ4v) is 3.50. The first kappa shape index (κ1) is 21.6. The fourth-order valence-electron chi connectivity index (χ4n) is 3.50. The van der Waals surface area contributed by atoms with E-state index in [1.165, 1.54) is 22.3 Å². The summed E-state index contributed by atoms with van der Waals surface area (Å²) in [6.07, 6.45) is 3.87. The van der Waals surface area contributed by atoms with Gasteiger partial charge in [0.2, 0.25) is 0 Å². The van der Waals surface area contributed by atoms with Crippen LogP contribution in [0.3, 0.4) is 0 Å². The van der Waals surface area contributed by atoms with Gasteiger partial charge >= 0.3 is 0 Å². The summed E-state index contributed by atoms with van der Waals surface area (Å²) in [4.78, 5) is 0. The minimum atomic E-state index is 0.763. The van der Waals surface area contributed by atoms with Crippen molar-refractivity contribution in [3.63, 3.8) is 0 Å². The maximum atomic E-state index is 5.40. The lowest BCUT2D eigenvalue weighted by molar-refractivity contribution is 0.354. The molecule has 0 bridgehead atoms. The number of aryl methyl sites for hydroxylation is 4. The van der Waals surface area contributed by atoms with Crippen molar-refractivity contribution in [3.05, 3.63) is 82.9 Å². The molecule has 0 N–H and O–H groups in total. The van der Waals surface area contributed by atoms with Crippen molar-refractivity contribution in [1.29, 1.82) is 0 Å². The summed E-state index contributed by atoms with van der Waals surface area (Å²) < 4.78 is 21.4. The molecule has 0 amide bonds. The van der Waals surface area contributed by atoms with E-state index in [-0.39, 0.29) is 0 Å². The van der Waals surface area contributed by atoms with Gasteiger partial charge in [0.1, 0.15) is 11.5 Å². The first-order chi connectivity index (χ1) is 14.6. The zero-order valence-electron chi connectivity index (χ0n) is 18.2. The Kier molecular flexibility index (Phi) is 7.61. The standard InChI is InChI=1S/C26H30O4/c1-27-23-15-22(16-24(18-23)28-2)12-10-20-7-5-19(6-8-20)9-11-21-13-14-25(29-3)26(17-21)30-4/h5-8,13-18H,9-12H2,1-4H3. The summed E-state index contributed by atoms with van der Waals surface area (Å²) >= 11 is 0. The topological polar surface area (TPSA) is 36.9 Å². The Balaban J connectivity index is 1.56. The zero-order chi connectivity index (χ0) is 21.3. The molecule has 0 spiro atoms. The molecule has 158 valence electrons. The highest BCUT2D eigenvalue weighted by atomic mass is 16.5. The molecule has 4 nitrogen and oxygen atoms in total. The molecule has 0 saturated heterocycles. The van der Waals surface area contributed by atoms with Gasteiger partial charge in [0.15, 0.2) is 11.5 Å². The Morgan fingerprint density at radius 2 is 0.900 bits per heavy atom. The van der Waals surface area contributed by atoms with Crippen LogP contribution in [0.15, 0.2) is 60.7 Å². The maximum Gasteiger partial charge on any atom is 0.160 e. The minimum Gasteiger partial charge on any atom is -0.497 e. The van der Waals surface area contributed by atoms with Gasteiger partial charge in [-0.05, 0) is 72.2 Å². The quantitative estimate of drug-likeness (QED) is 0.458. The molecule has 3 aromatic rings. The molecule has 0 atom stereocenters. The van der Waals surface area contributed by atoms with Crippen LogP contribution >= 0.6 is 0 Å². The van der Waals surface area contributed by atoms with Gasteiger partial charge in [-0.3, -0.25) is 0 Å². The molecule has 0 saturated carbocycles. The summed E-state index contributed by atoms with van der Waals surface area (Å²) in [6.45, 7) is 0. The van der Waals surface area contributed by atoms with E-state index >= 15 is 0 Å². The predicted molar refractivity (Wildman–Crippen MR) is 120 cm³/mol. The van der Waals surface area contributed by atoms with Crippen molar-refractivity contribution in [3.8, 4) is 23.0 Å². The lowest BCUT2D eigenvalue weighted by atomic mass is 10.00. The smallest absolute Gasteiger partial charge is 0.160 e. The Bertz CT molecular complexity index is 925. The summed E-state index contributed by atoms with van der Waals surface area (Å²) in [5, 5.41) is 0. The van der Waals surface area contributed by atoms with E-state index in [1.54, 1.807) is 28.4 Å². The highest BCUT2D eigenvalue weighted by Crippen LogP contribution is 2.28. The number of hydrogen-bond acceptors (Lipinski definition) is 4. The van der Waals surface area contributed by atoms with Crippen LogP contribution in [0.25, 0.3) is 0 Å². The number of hydrogen-bond donors (Lipinski definition) is 0. The molecule has 30 heavy (non-hydrogen) atoms. The third kappa shape index (κ3) is 5.69. The number of rotatable bonds is 10. The van der Waals surface area contributed by atoms with Crippen LogP contribution in [-0.4, -0.2) is 28.4 Å². The molecule has 0 aliphatic carbocycles. The Morgan fingerprint density at radius 1 is 0.433 bits per heavy atom. The molecule has 0 aromatic heterocycles. The zero-order valence-corrected chi connectivity index (χ0v) is 18.2. The third-order valence-electron chi connectivity index (χ3n) is 5.29. The normalized spacial score (nSPS) is 10.5. The first-order valence-corrected chi connectivity index (χ1v) is 10.2. The lowest BCUT2D eigenvalue weighted by Gasteiger charge is -2.10. The average Bonchev–Trinajstić information content (AvgIpc) is 2.81. The largest absolute Gasteiger partial charge is 0.497 e. The van der Waals surface area contributed by atoms with Gasteiger partial charge in [-0.15, -0.1) is 0 Å². The summed E-state index contributed by atoms with van der Waals surface area (Å²) in [6, 6.07) is 21.0. The van der Waals surface area contributed by atoms with E-state index in [1.807, 2.05) is 12.1 Å². The van der Waals surface area contributed by atoms with Crippen LogP contribution in [0.2, 0.25) is 0 Å². The third-order valence-corrected chi connectivity index (χ3v) is 5.29. The second kappa shape index (κ2) is 10.6. The molecule has 0 unspecified atom stereocenters. The van der Waals surface area contributed by atoms with Crippen LogP contribution < -0.4 is 18.9 Å².